The van der Waals surface area contributed by atoms with E-state index in [9.17, 15) is 9.59 Å². The Kier molecular flexibility index (Phi) is 4.93. The maximum absolute atomic E-state index is 12.5. The van der Waals surface area contributed by atoms with Crippen molar-refractivity contribution in [1.82, 2.24) is 4.90 Å². The van der Waals surface area contributed by atoms with Gasteiger partial charge in [0.15, 0.2) is 6.04 Å². The minimum atomic E-state index is -0.797. The molecule has 3 atom stereocenters. The highest BCUT2D eigenvalue weighted by Gasteiger charge is 2.52. The van der Waals surface area contributed by atoms with Gasteiger partial charge in [0.1, 0.15) is 11.8 Å². The van der Waals surface area contributed by atoms with Gasteiger partial charge in [-0.05, 0) is 27.7 Å². The standard InChI is InChI=1S/C15H27NO5/c1-9-10(11(17)19-8)16(12(20-9)14(2,3)4)13(18)21-15(5,6)7/h9-10,12H,1-8H3/t9-,10+,12+/m1/s1. The molecule has 122 valence electrons. The molecule has 0 aromatic rings. The van der Waals surface area contributed by atoms with E-state index in [1.807, 2.05) is 20.8 Å². The van der Waals surface area contributed by atoms with Gasteiger partial charge in [-0.15, -0.1) is 0 Å². The van der Waals surface area contributed by atoms with E-state index in [0.717, 1.165) is 0 Å². The lowest BCUT2D eigenvalue weighted by molar-refractivity contribution is -0.146. The van der Waals surface area contributed by atoms with Crippen LogP contribution in [0.2, 0.25) is 0 Å². The van der Waals surface area contributed by atoms with Crippen LogP contribution in [-0.2, 0) is 19.0 Å². The molecule has 1 saturated heterocycles. The number of hydrogen-bond acceptors (Lipinski definition) is 5. The van der Waals surface area contributed by atoms with Crippen LogP contribution in [0.3, 0.4) is 0 Å². The van der Waals surface area contributed by atoms with E-state index >= 15 is 0 Å². The Morgan fingerprint density at radius 3 is 2.00 bits per heavy atom. The SMILES string of the molecule is COC(=O)[C@@H]1[C@@H](C)O[C@@H](C(C)(C)C)N1C(=O)OC(C)(C)C. The predicted octanol–water partition coefficient (Wildman–Crippen LogP) is 2.56. The van der Waals surface area contributed by atoms with Gasteiger partial charge in [0, 0.05) is 5.41 Å². The summed E-state index contributed by atoms with van der Waals surface area (Å²) in [6, 6.07) is -0.797. The highest BCUT2D eigenvalue weighted by molar-refractivity contribution is 5.83. The van der Waals surface area contributed by atoms with Crippen LogP contribution in [-0.4, -0.2) is 48.0 Å². The van der Waals surface area contributed by atoms with Crippen molar-refractivity contribution >= 4 is 12.1 Å². The van der Waals surface area contributed by atoms with Gasteiger partial charge in [0.2, 0.25) is 0 Å². The van der Waals surface area contributed by atoms with Crippen molar-refractivity contribution in [2.75, 3.05) is 7.11 Å². The van der Waals surface area contributed by atoms with Crippen molar-refractivity contribution in [2.45, 2.75) is 72.4 Å². The third-order valence-electron chi connectivity index (χ3n) is 3.13. The van der Waals surface area contributed by atoms with Gasteiger partial charge in [-0.25, -0.2) is 9.59 Å². The van der Waals surface area contributed by atoms with Crippen LogP contribution in [0.15, 0.2) is 0 Å². The summed E-state index contributed by atoms with van der Waals surface area (Å²) >= 11 is 0. The Morgan fingerprint density at radius 1 is 1.10 bits per heavy atom. The number of rotatable bonds is 1. The first-order chi connectivity index (χ1) is 9.38. The number of nitrogens with zero attached hydrogens (tertiary/aromatic N) is 1. The molecular formula is C15H27NO5. The molecule has 1 aliphatic heterocycles. The van der Waals surface area contributed by atoms with Crippen LogP contribution in [0.5, 0.6) is 0 Å². The van der Waals surface area contributed by atoms with Crippen molar-refractivity contribution in [1.29, 1.82) is 0 Å². The molecule has 0 spiro atoms. The molecular weight excluding hydrogens is 274 g/mol. The quantitative estimate of drug-likeness (QED) is 0.696. The fourth-order valence-electron chi connectivity index (χ4n) is 2.29. The minimum absolute atomic E-state index is 0.353. The monoisotopic (exact) mass is 301 g/mol. The first kappa shape index (κ1) is 17.8. The van der Waals surface area contributed by atoms with Gasteiger partial charge in [-0.2, -0.15) is 0 Å². The summed E-state index contributed by atoms with van der Waals surface area (Å²) < 4.78 is 16.1. The molecule has 6 nitrogen and oxygen atoms in total. The largest absolute Gasteiger partial charge is 0.467 e. The number of amides is 1. The molecule has 0 unspecified atom stereocenters. The Labute approximate surface area is 126 Å². The van der Waals surface area contributed by atoms with E-state index in [-0.39, 0.29) is 5.41 Å². The Balaban J connectivity index is 3.14. The molecule has 1 amide bonds. The molecule has 0 N–H and O–H groups in total. The van der Waals surface area contributed by atoms with Gasteiger partial charge in [-0.3, -0.25) is 4.90 Å². The number of esters is 1. The zero-order chi connectivity index (χ0) is 16.6. The van der Waals surface area contributed by atoms with Gasteiger partial charge in [-0.1, -0.05) is 20.8 Å². The fourth-order valence-corrected chi connectivity index (χ4v) is 2.29. The number of carbonyl (C=O) groups is 2. The molecule has 0 aliphatic carbocycles. The summed E-state index contributed by atoms with van der Waals surface area (Å²) in [4.78, 5) is 25.9. The number of ether oxygens (including phenoxy) is 3. The van der Waals surface area contributed by atoms with Crippen LogP contribution >= 0.6 is 0 Å². The number of methoxy groups -OCH3 is 1. The van der Waals surface area contributed by atoms with E-state index in [4.69, 9.17) is 14.2 Å². The zero-order valence-electron chi connectivity index (χ0n) is 14.2. The topological polar surface area (TPSA) is 65.1 Å². The maximum atomic E-state index is 12.5. The van der Waals surface area contributed by atoms with Crippen molar-refractivity contribution < 1.29 is 23.8 Å². The van der Waals surface area contributed by atoms with E-state index in [2.05, 4.69) is 0 Å². The summed E-state index contributed by atoms with van der Waals surface area (Å²) in [5, 5.41) is 0. The average Bonchev–Trinajstić information content (AvgIpc) is 2.63. The summed E-state index contributed by atoms with van der Waals surface area (Å²) in [5.41, 5.74) is -1.00. The van der Waals surface area contributed by atoms with Crippen molar-refractivity contribution in [2.24, 2.45) is 5.41 Å². The molecule has 1 fully saturated rings. The third kappa shape index (κ3) is 4.09. The summed E-state index contributed by atoms with van der Waals surface area (Å²) in [7, 11) is 1.30. The molecule has 0 saturated carbocycles. The molecule has 21 heavy (non-hydrogen) atoms. The Hall–Kier alpha value is -1.30. The fraction of sp³-hybridized carbons (Fsp3) is 0.867. The van der Waals surface area contributed by atoms with E-state index < -0.39 is 36.0 Å². The van der Waals surface area contributed by atoms with Crippen molar-refractivity contribution in [3.8, 4) is 0 Å². The van der Waals surface area contributed by atoms with E-state index in [1.54, 1.807) is 27.7 Å². The average molecular weight is 301 g/mol. The number of carbonyl (C=O) groups excluding carboxylic acids is 2. The van der Waals surface area contributed by atoms with Crippen molar-refractivity contribution in [3.05, 3.63) is 0 Å². The second-order valence-electron chi connectivity index (χ2n) is 7.42. The first-order valence-electron chi connectivity index (χ1n) is 7.13. The van der Waals surface area contributed by atoms with Gasteiger partial charge in [0.05, 0.1) is 13.2 Å². The van der Waals surface area contributed by atoms with Crippen LogP contribution in [0.4, 0.5) is 4.79 Å². The van der Waals surface area contributed by atoms with Gasteiger partial charge >= 0.3 is 12.1 Å². The predicted molar refractivity (Wildman–Crippen MR) is 77.7 cm³/mol. The lowest BCUT2D eigenvalue weighted by atomic mass is 9.93. The lowest BCUT2D eigenvalue weighted by Crippen LogP contribution is -2.52. The molecule has 1 aliphatic rings. The molecule has 0 aromatic heterocycles. The van der Waals surface area contributed by atoms with E-state index in [0.29, 0.717) is 0 Å². The molecule has 6 heteroatoms. The zero-order valence-corrected chi connectivity index (χ0v) is 14.2. The first-order valence-corrected chi connectivity index (χ1v) is 7.13. The molecule has 0 bridgehead atoms. The molecule has 1 heterocycles. The highest BCUT2D eigenvalue weighted by atomic mass is 16.6. The second kappa shape index (κ2) is 5.83. The summed E-state index contributed by atoms with van der Waals surface area (Å²) in [5.74, 6) is -0.500. The van der Waals surface area contributed by atoms with Crippen LogP contribution in [0.1, 0.15) is 48.5 Å². The van der Waals surface area contributed by atoms with Crippen molar-refractivity contribution in [3.63, 3.8) is 0 Å². The number of hydrogen-bond donors (Lipinski definition) is 0. The maximum Gasteiger partial charge on any atom is 0.413 e. The lowest BCUT2D eigenvalue weighted by Gasteiger charge is -2.35. The Morgan fingerprint density at radius 2 is 1.62 bits per heavy atom. The summed E-state index contributed by atoms with van der Waals surface area (Å²) in [6.45, 7) is 12.9. The van der Waals surface area contributed by atoms with E-state index in [1.165, 1.54) is 12.0 Å². The summed E-state index contributed by atoms with van der Waals surface area (Å²) in [6.07, 6.45) is -1.57. The normalized spacial score (nSPS) is 26.7. The van der Waals surface area contributed by atoms with Crippen LogP contribution in [0, 0.1) is 5.41 Å². The Bertz CT molecular complexity index is 407. The van der Waals surface area contributed by atoms with Gasteiger partial charge < -0.3 is 14.2 Å². The third-order valence-corrected chi connectivity index (χ3v) is 3.13. The minimum Gasteiger partial charge on any atom is -0.467 e. The highest BCUT2D eigenvalue weighted by Crippen LogP contribution is 2.36. The van der Waals surface area contributed by atoms with Crippen LogP contribution in [0.25, 0.3) is 0 Å². The second-order valence-corrected chi connectivity index (χ2v) is 7.42. The smallest absolute Gasteiger partial charge is 0.413 e. The van der Waals surface area contributed by atoms with Gasteiger partial charge in [0.25, 0.3) is 0 Å². The molecule has 1 rings (SSSR count). The van der Waals surface area contributed by atoms with Crippen LogP contribution < -0.4 is 0 Å². The molecule has 0 aromatic carbocycles. The molecule has 0 radical (unpaired) electrons.